The molecular formula is C26H26N4O3. The van der Waals surface area contributed by atoms with Crippen LogP contribution < -0.4 is 14.5 Å². The fraction of sp³-hybridized carbons (Fsp3) is 0.231. The number of hydrogen-bond donors (Lipinski definition) is 0. The van der Waals surface area contributed by atoms with Gasteiger partial charge in [-0.25, -0.2) is 4.98 Å². The second kappa shape index (κ2) is 9.34. The average molecular weight is 443 g/mol. The van der Waals surface area contributed by atoms with Crippen molar-refractivity contribution >= 4 is 28.6 Å². The third kappa shape index (κ3) is 4.40. The Hall–Kier alpha value is -3.84. The predicted octanol–water partition coefficient (Wildman–Crippen LogP) is 4.43. The Labute approximate surface area is 192 Å². The lowest BCUT2D eigenvalue weighted by molar-refractivity contribution is -0.115. The fourth-order valence-corrected chi connectivity index (χ4v) is 4.12. The van der Waals surface area contributed by atoms with E-state index >= 15 is 0 Å². The Morgan fingerprint density at radius 3 is 2.52 bits per heavy atom. The summed E-state index contributed by atoms with van der Waals surface area (Å²) in [5.74, 6) is 0.582. The van der Waals surface area contributed by atoms with E-state index in [1.54, 1.807) is 18.0 Å². The maximum atomic E-state index is 12.7. The topological polar surface area (TPSA) is 59.3 Å². The van der Waals surface area contributed by atoms with Gasteiger partial charge in [0.15, 0.2) is 11.5 Å². The maximum absolute atomic E-state index is 12.7. The van der Waals surface area contributed by atoms with Crippen LogP contribution >= 0.6 is 0 Å². The van der Waals surface area contributed by atoms with Gasteiger partial charge in [-0.1, -0.05) is 30.3 Å². The number of fused-ring (bicyclic) bond motifs is 1. The van der Waals surface area contributed by atoms with Gasteiger partial charge in [0.1, 0.15) is 6.61 Å². The summed E-state index contributed by atoms with van der Waals surface area (Å²) in [5, 5.41) is 0. The largest absolute Gasteiger partial charge is 0.474 e. The number of anilines is 3. The van der Waals surface area contributed by atoms with Crippen LogP contribution in [0.25, 0.3) is 5.65 Å². The van der Waals surface area contributed by atoms with Gasteiger partial charge in [-0.05, 0) is 35.9 Å². The van der Waals surface area contributed by atoms with Crippen LogP contribution in [0, 0.1) is 0 Å². The lowest BCUT2D eigenvalue weighted by Gasteiger charge is -2.29. The number of pyridine rings is 1. The molecule has 168 valence electrons. The molecule has 5 rings (SSSR count). The van der Waals surface area contributed by atoms with Crippen LogP contribution in [0.4, 0.5) is 17.1 Å². The molecule has 1 aliphatic heterocycles. The SMILES string of the molecule is CC(=O)N(c1ccc(N2CCOCC2)cc1)c1ccc(OCc2ccccc2)n2ccnc12. The van der Waals surface area contributed by atoms with Crippen molar-refractivity contribution in [3.8, 4) is 5.88 Å². The molecule has 3 heterocycles. The van der Waals surface area contributed by atoms with E-state index in [9.17, 15) is 4.79 Å². The summed E-state index contributed by atoms with van der Waals surface area (Å²) >= 11 is 0. The lowest BCUT2D eigenvalue weighted by atomic mass is 10.2. The Morgan fingerprint density at radius 2 is 1.79 bits per heavy atom. The standard InChI is InChI=1S/C26H26N4O3/c1-20(31)30(23-9-7-22(8-10-23)28-15-17-32-18-16-28)24-11-12-25(29-14-13-27-26(24)29)33-19-21-5-3-2-4-6-21/h2-14H,15-19H2,1H3. The van der Waals surface area contributed by atoms with Crippen molar-refractivity contribution in [2.24, 2.45) is 0 Å². The molecule has 1 fully saturated rings. The zero-order chi connectivity index (χ0) is 22.6. The first-order valence-corrected chi connectivity index (χ1v) is 11.1. The smallest absolute Gasteiger partial charge is 0.228 e. The Balaban J connectivity index is 1.43. The van der Waals surface area contributed by atoms with Gasteiger partial charge in [-0.3, -0.25) is 14.1 Å². The zero-order valence-electron chi connectivity index (χ0n) is 18.6. The van der Waals surface area contributed by atoms with Gasteiger partial charge in [-0.15, -0.1) is 0 Å². The molecule has 2 aromatic heterocycles. The van der Waals surface area contributed by atoms with E-state index in [2.05, 4.69) is 22.0 Å². The molecule has 0 aliphatic carbocycles. The number of hydrogen-bond acceptors (Lipinski definition) is 5. The molecule has 0 atom stereocenters. The van der Waals surface area contributed by atoms with Gasteiger partial charge in [0.25, 0.3) is 0 Å². The molecule has 0 unspecified atom stereocenters. The van der Waals surface area contributed by atoms with Crippen molar-refractivity contribution in [3.63, 3.8) is 0 Å². The second-order valence-electron chi connectivity index (χ2n) is 7.92. The number of nitrogens with zero attached hydrogens (tertiary/aromatic N) is 4. The van der Waals surface area contributed by atoms with Crippen LogP contribution in [0.3, 0.4) is 0 Å². The van der Waals surface area contributed by atoms with Gasteiger partial charge in [0.2, 0.25) is 5.91 Å². The number of amides is 1. The van der Waals surface area contributed by atoms with E-state index in [4.69, 9.17) is 9.47 Å². The molecule has 0 spiro atoms. The minimum atomic E-state index is -0.0861. The van der Waals surface area contributed by atoms with E-state index in [1.807, 2.05) is 65.2 Å². The minimum absolute atomic E-state index is 0.0861. The third-order valence-corrected chi connectivity index (χ3v) is 5.76. The predicted molar refractivity (Wildman–Crippen MR) is 128 cm³/mol. The van der Waals surface area contributed by atoms with E-state index in [1.165, 1.54) is 0 Å². The number of carbonyl (C=O) groups is 1. The third-order valence-electron chi connectivity index (χ3n) is 5.76. The summed E-state index contributed by atoms with van der Waals surface area (Å²) in [5.41, 5.74) is 4.37. The minimum Gasteiger partial charge on any atom is -0.474 e. The molecule has 0 bridgehead atoms. The van der Waals surface area contributed by atoms with Gasteiger partial charge < -0.3 is 14.4 Å². The van der Waals surface area contributed by atoms with Crippen LogP contribution in [0.5, 0.6) is 5.88 Å². The average Bonchev–Trinajstić information content (AvgIpc) is 3.36. The highest BCUT2D eigenvalue weighted by atomic mass is 16.5. The Kier molecular flexibility index (Phi) is 5.95. The molecule has 1 saturated heterocycles. The summed E-state index contributed by atoms with van der Waals surface area (Å²) in [6.45, 7) is 5.22. The van der Waals surface area contributed by atoms with Crippen LogP contribution in [0.2, 0.25) is 0 Å². The summed E-state index contributed by atoms with van der Waals surface area (Å²) < 4.78 is 13.4. The first-order valence-electron chi connectivity index (χ1n) is 11.1. The number of morpholine rings is 1. The maximum Gasteiger partial charge on any atom is 0.228 e. The summed E-state index contributed by atoms with van der Waals surface area (Å²) in [6.07, 6.45) is 3.56. The molecule has 4 aromatic rings. The Morgan fingerprint density at radius 1 is 1.03 bits per heavy atom. The number of imidazole rings is 1. The van der Waals surface area contributed by atoms with E-state index in [-0.39, 0.29) is 5.91 Å². The fourth-order valence-electron chi connectivity index (χ4n) is 4.12. The highest BCUT2D eigenvalue weighted by Gasteiger charge is 2.20. The summed E-state index contributed by atoms with van der Waals surface area (Å²) in [7, 11) is 0. The van der Waals surface area contributed by atoms with Crippen molar-refractivity contribution in [1.29, 1.82) is 0 Å². The number of ether oxygens (including phenoxy) is 2. The molecule has 1 amide bonds. The molecule has 7 heteroatoms. The van der Waals surface area contributed by atoms with Crippen LogP contribution in [0.1, 0.15) is 12.5 Å². The van der Waals surface area contributed by atoms with Crippen molar-refractivity contribution in [3.05, 3.63) is 84.7 Å². The first kappa shape index (κ1) is 21.0. The van der Waals surface area contributed by atoms with Crippen molar-refractivity contribution in [1.82, 2.24) is 9.38 Å². The van der Waals surface area contributed by atoms with Gasteiger partial charge >= 0.3 is 0 Å². The zero-order valence-corrected chi connectivity index (χ0v) is 18.6. The molecule has 7 nitrogen and oxygen atoms in total. The van der Waals surface area contributed by atoms with Crippen LogP contribution in [-0.4, -0.2) is 41.6 Å². The number of aromatic nitrogens is 2. The molecule has 0 saturated carbocycles. The molecular weight excluding hydrogens is 416 g/mol. The van der Waals surface area contributed by atoms with E-state index in [0.29, 0.717) is 23.8 Å². The molecule has 33 heavy (non-hydrogen) atoms. The normalized spacial score (nSPS) is 13.8. The quantitative estimate of drug-likeness (QED) is 0.442. The summed E-state index contributed by atoms with van der Waals surface area (Å²) in [4.78, 5) is 21.2. The number of benzene rings is 2. The molecule has 2 aromatic carbocycles. The number of rotatable bonds is 6. The lowest BCUT2D eigenvalue weighted by Crippen LogP contribution is -2.36. The van der Waals surface area contributed by atoms with Crippen LogP contribution in [0.15, 0.2) is 79.1 Å². The van der Waals surface area contributed by atoms with Crippen molar-refractivity contribution in [2.75, 3.05) is 36.1 Å². The monoisotopic (exact) mass is 442 g/mol. The van der Waals surface area contributed by atoms with Gasteiger partial charge in [-0.2, -0.15) is 0 Å². The number of carbonyl (C=O) groups excluding carboxylic acids is 1. The van der Waals surface area contributed by atoms with E-state index in [0.717, 1.165) is 43.2 Å². The van der Waals surface area contributed by atoms with E-state index < -0.39 is 0 Å². The van der Waals surface area contributed by atoms with Gasteiger partial charge in [0.05, 0.1) is 18.9 Å². The van der Waals surface area contributed by atoms with Crippen molar-refractivity contribution < 1.29 is 14.3 Å². The van der Waals surface area contributed by atoms with Crippen molar-refractivity contribution in [2.45, 2.75) is 13.5 Å². The Bertz CT molecular complexity index is 1230. The van der Waals surface area contributed by atoms with Gasteiger partial charge in [0, 0.05) is 49.8 Å². The highest BCUT2D eigenvalue weighted by molar-refractivity contribution is 6.02. The molecule has 0 N–H and O–H groups in total. The first-order chi connectivity index (χ1) is 16.2. The second-order valence-corrected chi connectivity index (χ2v) is 7.92. The summed E-state index contributed by atoms with van der Waals surface area (Å²) in [6, 6.07) is 21.8. The van der Waals surface area contributed by atoms with Crippen LogP contribution in [-0.2, 0) is 16.1 Å². The molecule has 1 aliphatic rings. The highest BCUT2D eigenvalue weighted by Crippen LogP contribution is 2.33. The molecule has 0 radical (unpaired) electrons.